The number of halogens is 1. The summed E-state index contributed by atoms with van der Waals surface area (Å²) in [6.45, 7) is 0.460. The lowest BCUT2D eigenvalue weighted by molar-refractivity contribution is 0.102. The van der Waals surface area contributed by atoms with E-state index in [1.807, 2.05) is 42.5 Å². The fraction of sp³-hybridized carbons (Fsp3) is 0.0833. The quantitative estimate of drug-likeness (QED) is 0.464. The van der Waals surface area contributed by atoms with Crippen LogP contribution in [0.1, 0.15) is 10.4 Å². The number of carbonyl (C=O) groups is 1. The van der Waals surface area contributed by atoms with Gasteiger partial charge in [-0.2, -0.15) is 0 Å². The maximum atomic E-state index is 12.8. The van der Waals surface area contributed by atoms with Crippen molar-refractivity contribution in [3.8, 4) is 11.3 Å². The summed E-state index contributed by atoms with van der Waals surface area (Å²) in [5.74, 6) is -0.167. The number of nitrogens with zero attached hydrogens (tertiary/aromatic N) is 2. The van der Waals surface area contributed by atoms with Crippen LogP contribution in [0.4, 0.5) is 11.4 Å². The van der Waals surface area contributed by atoms with Crippen LogP contribution in [0.5, 0.6) is 0 Å². The van der Waals surface area contributed by atoms with Crippen molar-refractivity contribution in [3.05, 3.63) is 89.6 Å². The number of nitrogens with one attached hydrogen (secondary N) is 1. The molecular formula is C24H18ClN3O3S. The highest BCUT2D eigenvalue weighted by molar-refractivity contribution is 7.94. The fourth-order valence-corrected chi connectivity index (χ4v) is 5.09. The van der Waals surface area contributed by atoms with Crippen molar-refractivity contribution in [2.75, 3.05) is 21.9 Å². The Kier molecular flexibility index (Phi) is 5.07. The van der Waals surface area contributed by atoms with Crippen LogP contribution in [0.3, 0.4) is 0 Å². The van der Waals surface area contributed by atoms with Gasteiger partial charge in [0.25, 0.3) is 5.91 Å². The molecule has 4 aromatic rings. The summed E-state index contributed by atoms with van der Waals surface area (Å²) in [6.07, 6.45) is 1.75. The molecule has 6 nitrogen and oxygen atoms in total. The van der Waals surface area contributed by atoms with Crippen LogP contribution in [0, 0.1) is 0 Å². The minimum Gasteiger partial charge on any atom is -0.322 e. The predicted octanol–water partition coefficient (Wildman–Crippen LogP) is 4.96. The molecule has 0 atom stereocenters. The highest BCUT2D eigenvalue weighted by Crippen LogP contribution is 2.31. The predicted molar refractivity (Wildman–Crippen MR) is 128 cm³/mol. The van der Waals surface area contributed by atoms with E-state index in [4.69, 9.17) is 11.6 Å². The highest BCUT2D eigenvalue weighted by Gasteiger charge is 2.32. The maximum Gasteiger partial charge on any atom is 0.255 e. The summed E-state index contributed by atoms with van der Waals surface area (Å²) in [6, 6.07) is 21.7. The molecule has 0 spiro atoms. The van der Waals surface area contributed by atoms with E-state index in [1.54, 1.807) is 36.5 Å². The molecule has 0 unspecified atom stereocenters. The average Bonchev–Trinajstić information content (AvgIpc) is 2.78. The standard InChI is InChI=1S/C24H18ClN3O3S/c25-19-13-18(23-22-4-2-1-3-16(22)9-10-26-23)14-20(15-19)27-24(29)17-5-7-21(8-6-17)28-11-12-32(28,30)31/h1-10,13-15H,11-12H2,(H,27,29). The highest BCUT2D eigenvalue weighted by atomic mass is 35.5. The Morgan fingerprint density at radius 2 is 1.78 bits per heavy atom. The number of carbonyl (C=O) groups excluding carboxylic acids is 1. The molecule has 32 heavy (non-hydrogen) atoms. The van der Waals surface area contributed by atoms with E-state index in [0.29, 0.717) is 28.5 Å². The van der Waals surface area contributed by atoms with E-state index in [-0.39, 0.29) is 11.7 Å². The van der Waals surface area contributed by atoms with Gasteiger partial charge in [-0.05, 0) is 53.9 Å². The molecule has 160 valence electrons. The van der Waals surface area contributed by atoms with Gasteiger partial charge in [-0.1, -0.05) is 35.9 Å². The molecule has 1 amide bonds. The number of hydrogen-bond donors (Lipinski definition) is 1. The zero-order valence-electron chi connectivity index (χ0n) is 16.8. The number of sulfonamides is 1. The summed E-state index contributed by atoms with van der Waals surface area (Å²) >= 11 is 6.34. The van der Waals surface area contributed by atoms with Gasteiger partial charge in [0.05, 0.1) is 17.1 Å². The second-order valence-electron chi connectivity index (χ2n) is 7.50. The van der Waals surface area contributed by atoms with Crippen molar-refractivity contribution < 1.29 is 13.2 Å². The molecule has 1 aliphatic rings. The SMILES string of the molecule is O=C(Nc1cc(Cl)cc(-c2nccc3ccccc23)c1)c1ccc(N2CCS2(=O)=O)cc1. The van der Waals surface area contributed by atoms with Gasteiger partial charge in [-0.3, -0.25) is 14.1 Å². The number of fused-ring (bicyclic) bond motifs is 1. The van der Waals surface area contributed by atoms with Gasteiger partial charge < -0.3 is 5.32 Å². The molecule has 1 aliphatic heterocycles. The largest absolute Gasteiger partial charge is 0.322 e. The van der Waals surface area contributed by atoms with Crippen molar-refractivity contribution in [2.45, 2.75) is 0 Å². The third-order valence-corrected chi connectivity index (χ3v) is 7.39. The number of benzene rings is 3. The van der Waals surface area contributed by atoms with Gasteiger partial charge in [0, 0.05) is 40.0 Å². The van der Waals surface area contributed by atoms with E-state index >= 15 is 0 Å². The molecule has 1 N–H and O–H groups in total. The van der Waals surface area contributed by atoms with Gasteiger partial charge in [0.2, 0.25) is 10.0 Å². The third kappa shape index (κ3) is 3.81. The van der Waals surface area contributed by atoms with Crippen LogP contribution < -0.4 is 9.62 Å². The first-order chi connectivity index (χ1) is 15.4. The van der Waals surface area contributed by atoms with Crippen LogP contribution in [0.25, 0.3) is 22.0 Å². The Balaban J connectivity index is 1.41. The van der Waals surface area contributed by atoms with E-state index in [0.717, 1.165) is 22.0 Å². The fourth-order valence-electron chi connectivity index (χ4n) is 3.75. The third-order valence-electron chi connectivity index (χ3n) is 5.41. The maximum absolute atomic E-state index is 12.8. The number of hydrogen-bond acceptors (Lipinski definition) is 4. The molecule has 8 heteroatoms. The molecule has 0 saturated carbocycles. The van der Waals surface area contributed by atoms with Crippen LogP contribution in [-0.2, 0) is 10.0 Å². The molecule has 3 aromatic carbocycles. The first-order valence-corrected chi connectivity index (χ1v) is 12.0. The summed E-state index contributed by atoms with van der Waals surface area (Å²) in [7, 11) is -3.20. The van der Waals surface area contributed by atoms with Gasteiger partial charge >= 0.3 is 0 Å². The second-order valence-corrected chi connectivity index (χ2v) is 9.95. The summed E-state index contributed by atoms with van der Waals surface area (Å²) in [5, 5.41) is 5.40. The van der Waals surface area contributed by atoms with E-state index in [1.165, 1.54) is 4.31 Å². The number of rotatable bonds is 4. The Morgan fingerprint density at radius 1 is 1.00 bits per heavy atom. The van der Waals surface area contributed by atoms with E-state index in [9.17, 15) is 13.2 Å². The lowest BCUT2D eigenvalue weighted by Crippen LogP contribution is -2.47. The normalized spacial score (nSPS) is 14.7. The van der Waals surface area contributed by atoms with E-state index in [2.05, 4.69) is 10.3 Å². The molecule has 1 saturated heterocycles. The van der Waals surface area contributed by atoms with Crippen molar-refractivity contribution in [3.63, 3.8) is 0 Å². The Labute approximate surface area is 190 Å². The first-order valence-electron chi connectivity index (χ1n) is 9.97. The summed E-state index contributed by atoms with van der Waals surface area (Å²) in [5.41, 5.74) is 3.09. The van der Waals surface area contributed by atoms with Crippen LogP contribution in [0.2, 0.25) is 5.02 Å². The number of pyridine rings is 1. The van der Waals surface area contributed by atoms with Crippen LogP contribution in [0.15, 0.2) is 79.0 Å². The van der Waals surface area contributed by atoms with Gasteiger partial charge in [-0.15, -0.1) is 0 Å². The minimum absolute atomic E-state index is 0.151. The zero-order chi connectivity index (χ0) is 22.3. The number of amides is 1. The molecule has 5 rings (SSSR count). The first kappa shape index (κ1) is 20.5. The van der Waals surface area contributed by atoms with Gasteiger partial charge in [-0.25, -0.2) is 8.42 Å². The molecule has 2 heterocycles. The Bertz CT molecular complexity index is 1450. The molecule has 0 aliphatic carbocycles. The van der Waals surface area contributed by atoms with Crippen LogP contribution in [-0.4, -0.2) is 31.6 Å². The van der Waals surface area contributed by atoms with Crippen molar-refractivity contribution >= 4 is 49.7 Å². The van der Waals surface area contributed by atoms with Crippen molar-refractivity contribution in [1.29, 1.82) is 0 Å². The zero-order valence-corrected chi connectivity index (χ0v) is 18.4. The van der Waals surface area contributed by atoms with Gasteiger partial charge in [0.15, 0.2) is 0 Å². The smallest absolute Gasteiger partial charge is 0.255 e. The lowest BCUT2D eigenvalue weighted by Gasteiger charge is -2.32. The topological polar surface area (TPSA) is 79.4 Å². The van der Waals surface area contributed by atoms with Crippen molar-refractivity contribution in [2.24, 2.45) is 0 Å². The Hall–Kier alpha value is -3.42. The molecule has 1 aromatic heterocycles. The number of anilines is 2. The molecule has 0 bridgehead atoms. The minimum atomic E-state index is -3.20. The second kappa shape index (κ2) is 7.93. The molecular weight excluding hydrogens is 446 g/mol. The average molecular weight is 464 g/mol. The summed E-state index contributed by atoms with van der Waals surface area (Å²) in [4.78, 5) is 17.3. The van der Waals surface area contributed by atoms with Crippen LogP contribution >= 0.6 is 11.6 Å². The van der Waals surface area contributed by atoms with E-state index < -0.39 is 10.0 Å². The number of aromatic nitrogens is 1. The van der Waals surface area contributed by atoms with Crippen molar-refractivity contribution in [1.82, 2.24) is 4.98 Å². The molecule has 0 radical (unpaired) electrons. The molecule has 1 fully saturated rings. The summed E-state index contributed by atoms with van der Waals surface area (Å²) < 4.78 is 24.9. The van der Waals surface area contributed by atoms with Gasteiger partial charge in [0.1, 0.15) is 0 Å². The lowest BCUT2D eigenvalue weighted by atomic mass is 10.0. The Morgan fingerprint density at radius 3 is 2.50 bits per heavy atom. The monoisotopic (exact) mass is 463 g/mol.